The fourth-order valence-corrected chi connectivity index (χ4v) is 2.74. The molecule has 0 saturated heterocycles. The second-order valence-corrected chi connectivity index (χ2v) is 6.89. The van der Waals surface area contributed by atoms with E-state index in [1.165, 1.54) is 6.20 Å². The highest BCUT2D eigenvalue weighted by Gasteiger charge is 2.18. The van der Waals surface area contributed by atoms with Gasteiger partial charge in [0.1, 0.15) is 6.04 Å². The van der Waals surface area contributed by atoms with E-state index in [2.05, 4.69) is 9.17 Å². The van der Waals surface area contributed by atoms with Crippen molar-refractivity contribution in [3.63, 3.8) is 0 Å². The van der Waals surface area contributed by atoms with Crippen molar-refractivity contribution >= 4 is 38.7 Å². The highest BCUT2D eigenvalue weighted by atomic mass is 32.3. The number of Topliss-reactive ketones (excluding diaryl/α,β-unsaturated/α-hetero) is 1. The van der Waals surface area contributed by atoms with Crippen molar-refractivity contribution in [3.05, 3.63) is 60.3 Å². The van der Waals surface area contributed by atoms with E-state index in [1.807, 2.05) is 0 Å². The van der Waals surface area contributed by atoms with Gasteiger partial charge in [-0.15, -0.1) is 0 Å². The smallest absolute Gasteiger partial charge is 0.446 e. The van der Waals surface area contributed by atoms with Crippen LogP contribution in [0.1, 0.15) is 16.8 Å². The number of hydrogen-bond donors (Lipinski definition) is 5. The van der Waals surface area contributed by atoms with Crippen molar-refractivity contribution in [1.29, 1.82) is 0 Å². The number of carbonyl (C=O) groups excluding carboxylic acids is 1. The molecule has 1 heterocycles. The van der Waals surface area contributed by atoms with E-state index in [0.717, 1.165) is 5.52 Å². The molecule has 0 fully saturated rings. The molecule has 3 aromatic rings. The number of carboxylic acids is 1. The van der Waals surface area contributed by atoms with Gasteiger partial charge in [-0.05, 0) is 24.3 Å². The summed E-state index contributed by atoms with van der Waals surface area (Å²) in [5, 5.41) is 9.14. The molecule has 1 unspecified atom stereocenters. The Bertz CT molecular complexity index is 1130. The number of rotatable bonds is 6. The van der Waals surface area contributed by atoms with Crippen molar-refractivity contribution in [2.45, 2.75) is 12.5 Å². The minimum atomic E-state index is -4.46. The number of nitrogen functional groups attached to an aromatic ring is 1. The number of hydrogen-bond acceptors (Lipinski definition) is 7. The first-order chi connectivity index (χ1) is 13.6. The Morgan fingerprint density at radius 1 is 1.10 bits per heavy atom. The van der Waals surface area contributed by atoms with Gasteiger partial charge in [0, 0.05) is 34.8 Å². The highest BCUT2D eigenvalue weighted by molar-refractivity contribution is 7.81. The molecule has 0 radical (unpaired) electrons. The van der Waals surface area contributed by atoms with Crippen molar-refractivity contribution in [3.8, 4) is 5.75 Å². The summed E-state index contributed by atoms with van der Waals surface area (Å²) in [6.07, 6.45) is 1.13. The molecule has 0 aliphatic rings. The normalized spacial score (nSPS) is 11.9. The molecule has 0 spiro atoms. The van der Waals surface area contributed by atoms with E-state index in [4.69, 9.17) is 21.1 Å². The minimum absolute atomic E-state index is 0.0862. The molecule has 1 atom stereocenters. The zero-order chi connectivity index (χ0) is 21.6. The molecule has 0 bridgehead atoms. The molecule has 10 nitrogen and oxygen atoms in total. The van der Waals surface area contributed by atoms with Gasteiger partial charge in [0.05, 0.1) is 0 Å². The molecule has 0 saturated carbocycles. The van der Waals surface area contributed by atoms with Crippen LogP contribution in [-0.2, 0) is 15.2 Å². The second-order valence-electron chi connectivity index (χ2n) is 5.87. The van der Waals surface area contributed by atoms with Crippen LogP contribution in [0.5, 0.6) is 5.75 Å². The zero-order valence-corrected chi connectivity index (χ0v) is 15.8. The van der Waals surface area contributed by atoms with Crippen molar-refractivity contribution in [2.24, 2.45) is 5.73 Å². The Morgan fingerprint density at radius 2 is 1.72 bits per heavy atom. The van der Waals surface area contributed by atoms with Gasteiger partial charge in [0.2, 0.25) is 0 Å². The summed E-state index contributed by atoms with van der Waals surface area (Å²) in [7, 11) is -4.46. The lowest BCUT2D eigenvalue weighted by atomic mass is 10.0. The van der Waals surface area contributed by atoms with Crippen LogP contribution in [0.4, 0.5) is 5.69 Å². The molecule has 11 heteroatoms. The largest absolute Gasteiger partial charge is 0.480 e. The fraction of sp³-hybridized carbons (Fsp3) is 0.111. The van der Waals surface area contributed by atoms with Crippen molar-refractivity contribution in [2.75, 3.05) is 5.73 Å². The van der Waals surface area contributed by atoms with E-state index < -0.39 is 22.4 Å². The number of nitrogens with one attached hydrogen (secondary N) is 1. The van der Waals surface area contributed by atoms with Gasteiger partial charge in [0.15, 0.2) is 11.5 Å². The molecular formula is C18H19N3O7S. The van der Waals surface area contributed by atoms with E-state index in [-0.39, 0.29) is 18.0 Å². The van der Waals surface area contributed by atoms with E-state index >= 15 is 0 Å². The summed E-state index contributed by atoms with van der Waals surface area (Å²) in [4.78, 5) is 24.8. The number of carboxylic acid groups (broad SMARTS) is 1. The van der Waals surface area contributed by atoms with Crippen LogP contribution in [0.15, 0.2) is 54.7 Å². The van der Waals surface area contributed by atoms with E-state index in [1.54, 1.807) is 48.5 Å². The number of anilines is 1. The summed E-state index contributed by atoms with van der Waals surface area (Å²) < 4.78 is 33.8. The van der Waals surface area contributed by atoms with Gasteiger partial charge < -0.3 is 25.7 Å². The summed E-state index contributed by atoms with van der Waals surface area (Å²) in [5.74, 6) is -1.47. The summed E-state index contributed by atoms with van der Waals surface area (Å²) in [5.41, 5.74) is 12.2. The summed E-state index contributed by atoms with van der Waals surface area (Å²) in [6, 6.07) is 12.3. The molecule has 7 N–H and O–H groups in total. The second kappa shape index (κ2) is 9.19. The van der Waals surface area contributed by atoms with Crippen LogP contribution in [0.3, 0.4) is 0 Å². The minimum Gasteiger partial charge on any atom is -0.480 e. The van der Waals surface area contributed by atoms with Gasteiger partial charge in [-0.25, -0.2) is 0 Å². The predicted octanol–water partition coefficient (Wildman–Crippen LogP) is 1.60. The molecule has 29 heavy (non-hydrogen) atoms. The Kier molecular flexibility index (Phi) is 6.93. The molecule has 0 amide bonds. The average Bonchev–Trinajstić information content (AvgIpc) is 3.04. The number of carbonyl (C=O) groups is 2. The first kappa shape index (κ1) is 21.9. The number of para-hydroxylation sites is 2. The molecule has 3 rings (SSSR count). The molecular weight excluding hydrogens is 402 g/mol. The fourth-order valence-electron chi connectivity index (χ4n) is 2.38. The van der Waals surface area contributed by atoms with Gasteiger partial charge in [-0.1, -0.05) is 24.3 Å². The maximum atomic E-state index is 11.6. The number of benzene rings is 2. The van der Waals surface area contributed by atoms with Crippen LogP contribution in [0, 0.1) is 0 Å². The predicted molar refractivity (Wildman–Crippen MR) is 106 cm³/mol. The third kappa shape index (κ3) is 6.31. The first-order valence-corrected chi connectivity index (χ1v) is 9.54. The number of aromatic amines is 1. The summed E-state index contributed by atoms with van der Waals surface area (Å²) >= 11 is 0. The Morgan fingerprint density at radius 3 is 2.34 bits per heavy atom. The molecule has 154 valence electrons. The van der Waals surface area contributed by atoms with Crippen LogP contribution in [0.25, 0.3) is 10.9 Å². The standard InChI is InChI=1S/C10H12N2O3.C8H7NO4S/c11-7-4-2-1-3-6(7)9(13)5-8(12)10(14)15;10-14(11,12)13-8-5-9-7-4-2-1-3-6(7)8/h1-4,8H,5,11-12H2,(H,14,15);1-5,9H,(H,10,11,12). The van der Waals surface area contributed by atoms with Gasteiger partial charge >= 0.3 is 16.4 Å². The van der Waals surface area contributed by atoms with Crippen molar-refractivity contribution < 1.29 is 31.8 Å². The molecule has 0 aliphatic heterocycles. The quantitative estimate of drug-likeness (QED) is 0.224. The third-order valence-electron chi connectivity index (χ3n) is 3.73. The molecule has 0 aliphatic carbocycles. The topological polar surface area (TPSA) is 186 Å². The monoisotopic (exact) mass is 421 g/mol. The Balaban J connectivity index is 0.000000207. The Hall–Kier alpha value is -3.41. The van der Waals surface area contributed by atoms with E-state index in [9.17, 15) is 18.0 Å². The van der Waals surface area contributed by atoms with Gasteiger partial charge in [0.25, 0.3) is 0 Å². The molecule has 1 aromatic heterocycles. The van der Waals surface area contributed by atoms with Crippen LogP contribution < -0.4 is 15.7 Å². The van der Waals surface area contributed by atoms with Crippen LogP contribution >= 0.6 is 0 Å². The maximum absolute atomic E-state index is 11.6. The van der Waals surface area contributed by atoms with Gasteiger partial charge in [-0.3, -0.25) is 14.1 Å². The van der Waals surface area contributed by atoms with Gasteiger partial charge in [-0.2, -0.15) is 8.42 Å². The lowest BCUT2D eigenvalue weighted by molar-refractivity contribution is -0.138. The number of fused-ring (bicyclic) bond motifs is 1. The zero-order valence-electron chi connectivity index (χ0n) is 15.0. The number of H-pyrrole nitrogens is 1. The first-order valence-electron chi connectivity index (χ1n) is 8.17. The number of aromatic nitrogens is 1. The summed E-state index contributed by atoms with van der Waals surface area (Å²) in [6.45, 7) is 0. The average molecular weight is 421 g/mol. The Labute approximate surface area is 166 Å². The highest BCUT2D eigenvalue weighted by Crippen LogP contribution is 2.25. The maximum Gasteiger partial charge on any atom is 0.446 e. The number of nitrogens with two attached hydrogens (primary N) is 2. The number of aliphatic carboxylic acids is 1. The lowest BCUT2D eigenvalue weighted by Gasteiger charge is -2.07. The van der Waals surface area contributed by atoms with Crippen molar-refractivity contribution in [1.82, 2.24) is 4.98 Å². The number of ketones is 1. The lowest BCUT2D eigenvalue weighted by Crippen LogP contribution is -2.32. The van der Waals surface area contributed by atoms with Crippen LogP contribution in [-0.4, -0.2) is 40.9 Å². The SMILES string of the molecule is Nc1ccccc1C(=O)CC(N)C(=O)O.O=S(=O)(O)Oc1c[nH]c2ccccc12. The van der Waals surface area contributed by atoms with E-state index in [0.29, 0.717) is 16.6 Å². The van der Waals surface area contributed by atoms with Crippen LogP contribution in [0.2, 0.25) is 0 Å². The third-order valence-corrected chi connectivity index (χ3v) is 4.12. The molecule has 2 aromatic carbocycles.